The number of aliphatic hydroxyl groups is 1. The van der Waals surface area contributed by atoms with Crippen LogP contribution >= 0.6 is 0 Å². The second kappa shape index (κ2) is 9.73. The number of hydrogen-bond donors (Lipinski definition) is 4. The van der Waals surface area contributed by atoms with E-state index in [1.54, 1.807) is 12.1 Å². The van der Waals surface area contributed by atoms with E-state index >= 15 is 0 Å². The van der Waals surface area contributed by atoms with E-state index < -0.39 is 36.9 Å². The lowest BCUT2D eigenvalue weighted by Crippen LogP contribution is -2.49. The van der Waals surface area contributed by atoms with Crippen molar-refractivity contribution in [1.29, 1.82) is 0 Å². The van der Waals surface area contributed by atoms with Crippen molar-refractivity contribution < 1.29 is 32.6 Å². The van der Waals surface area contributed by atoms with Crippen molar-refractivity contribution in [3.63, 3.8) is 0 Å². The zero-order valence-corrected chi connectivity index (χ0v) is 17.2. The van der Waals surface area contributed by atoms with E-state index in [0.29, 0.717) is 6.42 Å². The van der Waals surface area contributed by atoms with E-state index in [0.717, 1.165) is 21.7 Å². The number of rotatable bonds is 5. The van der Waals surface area contributed by atoms with Crippen LogP contribution in [0.1, 0.15) is 43.4 Å². The number of carbonyl (C=O) groups is 2. The molecule has 31 heavy (non-hydrogen) atoms. The van der Waals surface area contributed by atoms with Crippen LogP contribution in [0.3, 0.4) is 0 Å². The van der Waals surface area contributed by atoms with Crippen molar-refractivity contribution >= 4 is 17.6 Å². The number of benzene rings is 1. The summed E-state index contributed by atoms with van der Waals surface area (Å²) in [6.07, 6.45) is -4.60. The number of ether oxygens (including phenoxy) is 1. The van der Waals surface area contributed by atoms with Crippen LogP contribution in [0.15, 0.2) is 18.2 Å². The molecule has 0 aliphatic carbocycles. The summed E-state index contributed by atoms with van der Waals surface area (Å²) < 4.78 is 44.6. The molecule has 1 aromatic rings. The molecular weight excluding hydrogens is 417 g/mol. The molecule has 0 unspecified atom stereocenters. The Morgan fingerprint density at radius 2 is 2.10 bits per heavy atom. The summed E-state index contributed by atoms with van der Waals surface area (Å²) in [7, 11) is 0. The zero-order chi connectivity index (χ0) is 22.6. The average Bonchev–Trinajstić information content (AvgIpc) is 3.17. The average molecular weight is 444 g/mol. The number of alkyl halides is 3. The normalized spacial score (nSPS) is 23.5. The van der Waals surface area contributed by atoms with Gasteiger partial charge in [0.1, 0.15) is 12.3 Å². The van der Waals surface area contributed by atoms with E-state index in [4.69, 9.17) is 4.74 Å². The maximum Gasteiger partial charge on any atom is 0.408 e. The number of carbonyl (C=O) groups excluding carboxylic acids is 2. The standard InChI is InChI=1S/C20H27F3N4O4/c1-2-15-13-8-12(5-6-14(13)26-17(28)11-31-15)9-24-19(30)25-10-18(29)27-7-3-4-16(27)20(21,22)23/h5-6,8,15-17,26,28H,2-4,7,9-11H2,1H3,(H2,24,25,30)/t15-,16-,17-/m1/s1. The van der Waals surface area contributed by atoms with E-state index in [1.165, 1.54) is 0 Å². The highest BCUT2D eigenvalue weighted by molar-refractivity contribution is 5.84. The summed E-state index contributed by atoms with van der Waals surface area (Å²) in [6.45, 7) is 1.80. The minimum Gasteiger partial charge on any atom is -0.371 e. The van der Waals surface area contributed by atoms with Gasteiger partial charge >= 0.3 is 12.2 Å². The van der Waals surface area contributed by atoms with Gasteiger partial charge in [0.2, 0.25) is 5.91 Å². The number of aliphatic hydroxyl groups excluding tert-OH is 1. The number of nitrogens with one attached hydrogen (secondary N) is 3. The zero-order valence-electron chi connectivity index (χ0n) is 17.2. The third-order valence-electron chi connectivity index (χ3n) is 5.42. The van der Waals surface area contributed by atoms with Crippen LogP contribution in [-0.4, -0.2) is 60.1 Å². The first-order valence-corrected chi connectivity index (χ1v) is 10.3. The quantitative estimate of drug-likeness (QED) is 0.558. The Morgan fingerprint density at radius 3 is 2.81 bits per heavy atom. The molecule has 3 rings (SSSR count). The Balaban J connectivity index is 1.52. The van der Waals surface area contributed by atoms with E-state index in [1.807, 2.05) is 13.0 Å². The molecule has 0 spiro atoms. The van der Waals surface area contributed by atoms with Crippen LogP contribution in [0, 0.1) is 0 Å². The Bertz CT molecular complexity index is 805. The van der Waals surface area contributed by atoms with Crippen molar-refractivity contribution in [3.05, 3.63) is 29.3 Å². The van der Waals surface area contributed by atoms with Crippen molar-refractivity contribution in [2.24, 2.45) is 0 Å². The molecule has 8 nitrogen and oxygen atoms in total. The smallest absolute Gasteiger partial charge is 0.371 e. The SMILES string of the molecule is CC[C@H]1OC[C@@H](O)Nc2ccc(CNC(=O)NCC(=O)N3CCC[C@@H]3C(F)(F)F)cc21. The van der Waals surface area contributed by atoms with Crippen LogP contribution in [0.2, 0.25) is 0 Å². The first-order chi connectivity index (χ1) is 14.7. The highest BCUT2D eigenvalue weighted by Gasteiger charge is 2.47. The number of likely N-dealkylation sites (tertiary alicyclic amines) is 1. The van der Waals surface area contributed by atoms with Gasteiger partial charge in [0.15, 0.2) is 0 Å². The monoisotopic (exact) mass is 444 g/mol. The third kappa shape index (κ3) is 5.79. The molecule has 0 bridgehead atoms. The van der Waals surface area contributed by atoms with Crippen LogP contribution in [0.4, 0.5) is 23.7 Å². The summed E-state index contributed by atoms with van der Waals surface area (Å²) in [6, 6.07) is 2.99. The summed E-state index contributed by atoms with van der Waals surface area (Å²) in [5.74, 6) is -0.757. The summed E-state index contributed by atoms with van der Waals surface area (Å²) in [4.78, 5) is 24.9. The number of halogens is 3. The maximum atomic E-state index is 13.0. The molecule has 2 aliphatic heterocycles. The number of urea groups is 1. The Hall–Kier alpha value is -2.53. The molecule has 3 amide bonds. The molecular formula is C20H27F3N4O4. The van der Waals surface area contributed by atoms with Gasteiger partial charge in [-0.05, 0) is 37.0 Å². The van der Waals surface area contributed by atoms with E-state index in [9.17, 15) is 27.9 Å². The van der Waals surface area contributed by atoms with Gasteiger partial charge in [-0.2, -0.15) is 13.2 Å². The molecule has 11 heteroatoms. The van der Waals surface area contributed by atoms with Crippen molar-refractivity contribution in [1.82, 2.24) is 15.5 Å². The molecule has 0 saturated carbocycles. The summed E-state index contributed by atoms with van der Waals surface area (Å²) in [5, 5.41) is 17.7. The largest absolute Gasteiger partial charge is 0.408 e. The summed E-state index contributed by atoms with van der Waals surface area (Å²) >= 11 is 0. The van der Waals surface area contributed by atoms with Gasteiger partial charge < -0.3 is 30.7 Å². The van der Waals surface area contributed by atoms with Gasteiger partial charge in [0.05, 0.1) is 19.3 Å². The van der Waals surface area contributed by atoms with Gasteiger partial charge in [-0.3, -0.25) is 4.79 Å². The van der Waals surface area contributed by atoms with Crippen LogP contribution < -0.4 is 16.0 Å². The maximum absolute atomic E-state index is 13.0. The van der Waals surface area contributed by atoms with Gasteiger partial charge in [-0.25, -0.2) is 4.79 Å². The predicted octanol–water partition coefficient (Wildman–Crippen LogP) is 2.25. The molecule has 0 aromatic heterocycles. The second-order valence-electron chi connectivity index (χ2n) is 7.63. The molecule has 3 atom stereocenters. The first kappa shape index (κ1) is 23.1. The minimum absolute atomic E-state index is 0.0326. The molecule has 1 saturated heterocycles. The lowest BCUT2D eigenvalue weighted by atomic mass is 10.0. The molecule has 2 heterocycles. The fourth-order valence-electron chi connectivity index (χ4n) is 3.88. The Kier molecular flexibility index (Phi) is 7.26. The fourth-order valence-corrected chi connectivity index (χ4v) is 3.88. The summed E-state index contributed by atoms with van der Waals surface area (Å²) in [5.41, 5.74) is 2.39. The van der Waals surface area contributed by atoms with Gasteiger partial charge in [0, 0.05) is 24.3 Å². The Labute approximate surface area is 178 Å². The van der Waals surface area contributed by atoms with E-state index in [2.05, 4.69) is 16.0 Å². The molecule has 4 N–H and O–H groups in total. The lowest BCUT2D eigenvalue weighted by molar-refractivity contribution is -0.182. The third-order valence-corrected chi connectivity index (χ3v) is 5.42. The number of hydrogen-bond acceptors (Lipinski definition) is 5. The molecule has 1 aromatic carbocycles. The number of fused-ring (bicyclic) bond motifs is 1. The number of nitrogens with zero attached hydrogens (tertiary/aromatic N) is 1. The van der Waals surface area contributed by atoms with Crippen molar-refractivity contribution in [2.75, 3.05) is 25.0 Å². The molecule has 172 valence electrons. The van der Waals surface area contributed by atoms with Crippen LogP contribution in [0.25, 0.3) is 0 Å². The highest BCUT2D eigenvalue weighted by atomic mass is 19.4. The van der Waals surface area contributed by atoms with Crippen molar-refractivity contribution in [2.45, 2.75) is 57.3 Å². The lowest BCUT2D eigenvalue weighted by Gasteiger charge is -2.26. The molecule has 0 radical (unpaired) electrons. The molecule has 1 fully saturated rings. The van der Waals surface area contributed by atoms with Gasteiger partial charge in [-0.15, -0.1) is 0 Å². The first-order valence-electron chi connectivity index (χ1n) is 10.3. The van der Waals surface area contributed by atoms with Gasteiger partial charge in [-0.1, -0.05) is 13.0 Å². The van der Waals surface area contributed by atoms with Crippen LogP contribution in [0.5, 0.6) is 0 Å². The minimum atomic E-state index is -4.47. The van der Waals surface area contributed by atoms with Crippen molar-refractivity contribution in [3.8, 4) is 0 Å². The van der Waals surface area contributed by atoms with E-state index in [-0.39, 0.29) is 38.6 Å². The molecule has 2 aliphatic rings. The van der Waals surface area contributed by atoms with Crippen LogP contribution in [-0.2, 0) is 16.1 Å². The van der Waals surface area contributed by atoms with Gasteiger partial charge in [0.25, 0.3) is 0 Å². The predicted molar refractivity (Wildman–Crippen MR) is 106 cm³/mol. The number of anilines is 1. The second-order valence-corrected chi connectivity index (χ2v) is 7.63. The highest BCUT2D eigenvalue weighted by Crippen LogP contribution is 2.33. The Morgan fingerprint density at radius 1 is 1.32 bits per heavy atom. The number of amides is 3. The topological polar surface area (TPSA) is 103 Å². The fraction of sp³-hybridized carbons (Fsp3) is 0.600.